The van der Waals surface area contributed by atoms with Crippen molar-refractivity contribution < 1.29 is 17.6 Å². The first-order chi connectivity index (χ1) is 5.93. The molecule has 13 heavy (non-hydrogen) atoms. The summed E-state index contributed by atoms with van der Waals surface area (Å²) in [5, 5.41) is 2.44. The first-order valence-electron chi connectivity index (χ1n) is 3.49. The molecular weight excluding hydrogens is 186 g/mol. The highest BCUT2D eigenvalue weighted by Crippen LogP contribution is 2.31. The maximum atomic E-state index is 12.6. The van der Waals surface area contributed by atoms with E-state index < -0.39 is 17.6 Å². The second-order valence-corrected chi connectivity index (χ2v) is 2.48. The van der Waals surface area contributed by atoms with Crippen LogP contribution in [-0.2, 0) is 6.18 Å². The summed E-state index contributed by atoms with van der Waals surface area (Å²) in [7, 11) is 1.43. The minimum absolute atomic E-state index is 0.104. The van der Waals surface area contributed by atoms with Gasteiger partial charge in [-0.25, -0.2) is 4.39 Å². The zero-order chi connectivity index (χ0) is 10.1. The fourth-order valence-corrected chi connectivity index (χ4v) is 0.898. The van der Waals surface area contributed by atoms with E-state index in [-0.39, 0.29) is 5.69 Å². The third kappa shape index (κ3) is 2.34. The summed E-state index contributed by atoms with van der Waals surface area (Å²) in [6, 6.07) is 2.30. The van der Waals surface area contributed by atoms with Crippen LogP contribution in [0.4, 0.5) is 23.2 Å². The molecule has 0 unspecified atom stereocenters. The van der Waals surface area contributed by atoms with Gasteiger partial charge in [-0.1, -0.05) is 0 Å². The van der Waals surface area contributed by atoms with Crippen molar-refractivity contribution in [1.82, 2.24) is 0 Å². The predicted octanol–water partition coefficient (Wildman–Crippen LogP) is 2.89. The minimum atomic E-state index is -4.51. The molecule has 1 rings (SSSR count). The lowest BCUT2D eigenvalue weighted by molar-refractivity contribution is -0.137. The Labute approximate surface area is 72.4 Å². The molecule has 0 aliphatic rings. The van der Waals surface area contributed by atoms with Crippen LogP contribution >= 0.6 is 0 Å². The van der Waals surface area contributed by atoms with Crippen molar-refractivity contribution in [3.8, 4) is 0 Å². The van der Waals surface area contributed by atoms with Crippen molar-refractivity contribution in [2.45, 2.75) is 6.18 Å². The van der Waals surface area contributed by atoms with Crippen molar-refractivity contribution in [3.05, 3.63) is 29.6 Å². The quantitative estimate of drug-likeness (QED) is 0.676. The third-order valence-electron chi connectivity index (χ3n) is 1.51. The maximum absolute atomic E-state index is 12.6. The van der Waals surface area contributed by atoms with E-state index in [4.69, 9.17) is 0 Å². The summed E-state index contributed by atoms with van der Waals surface area (Å²) in [5.74, 6) is -0.904. The number of hydrogen-bond donors (Lipinski definition) is 1. The lowest BCUT2D eigenvalue weighted by Crippen LogP contribution is -2.06. The Kier molecular flexibility index (Phi) is 2.45. The number of anilines is 1. The monoisotopic (exact) mass is 193 g/mol. The summed E-state index contributed by atoms with van der Waals surface area (Å²) in [6.07, 6.45) is -4.51. The Bertz CT molecular complexity index is 306. The largest absolute Gasteiger partial charge is 0.416 e. The molecule has 0 bridgehead atoms. The van der Waals surface area contributed by atoms with E-state index >= 15 is 0 Å². The molecule has 1 aromatic carbocycles. The third-order valence-corrected chi connectivity index (χ3v) is 1.51. The highest BCUT2D eigenvalue weighted by Gasteiger charge is 2.31. The van der Waals surface area contributed by atoms with Crippen molar-refractivity contribution >= 4 is 5.69 Å². The van der Waals surface area contributed by atoms with Gasteiger partial charge in [-0.3, -0.25) is 0 Å². The number of benzene rings is 1. The van der Waals surface area contributed by atoms with Gasteiger partial charge in [0, 0.05) is 12.7 Å². The van der Waals surface area contributed by atoms with Gasteiger partial charge in [0.1, 0.15) is 5.82 Å². The molecule has 72 valence electrons. The van der Waals surface area contributed by atoms with E-state index in [9.17, 15) is 17.6 Å². The summed E-state index contributed by atoms with van der Waals surface area (Å²) < 4.78 is 48.9. The summed E-state index contributed by atoms with van der Waals surface area (Å²) in [6.45, 7) is 0. The van der Waals surface area contributed by atoms with Crippen LogP contribution in [-0.4, -0.2) is 7.05 Å². The first kappa shape index (κ1) is 9.83. The summed E-state index contributed by atoms with van der Waals surface area (Å²) in [4.78, 5) is 0. The molecule has 0 atom stereocenters. The average molecular weight is 193 g/mol. The fraction of sp³-hybridized carbons (Fsp3) is 0.250. The molecule has 0 radical (unpaired) electrons. The van der Waals surface area contributed by atoms with E-state index in [0.717, 1.165) is 12.1 Å². The molecule has 5 heteroatoms. The number of nitrogens with one attached hydrogen (secondary N) is 1. The van der Waals surface area contributed by atoms with Crippen LogP contribution in [0.1, 0.15) is 5.56 Å². The predicted molar refractivity (Wildman–Crippen MR) is 40.9 cm³/mol. The average Bonchev–Trinajstić information content (AvgIpc) is 2.01. The Morgan fingerprint density at radius 1 is 1.15 bits per heavy atom. The van der Waals surface area contributed by atoms with Crippen LogP contribution in [0.5, 0.6) is 0 Å². The van der Waals surface area contributed by atoms with Crippen molar-refractivity contribution in [1.29, 1.82) is 0 Å². The lowest BCUT2D eigenvalue weighted by atomic mass is 10.2. The van der Waals surface area contributed by atoms with Gasteiger partial charge in [0.25, 0.3) is 0 Å². The molecule has 0 aliphatic carbocycles. The normalized spacial score (nSPS) is 11.5. The zero-order valence-corrected chi connectivity index (χ0v) is 6.74. The van der Waals surface area contributed by atoms with Gasteiger partial charge < -0.3 is 5.32 Å². The topological polar surface area (TPSA) is 12.0 Å². The van der Waals surface area contributed by atoms with Gasteiger partial charge in [0.05, 0.1) is 5.56 Å². The standard InChI is InChI=1S/C8H7F4N/c1-13-7-3-5(8(10,11)12)2-6(9)4-7/h2-4,13H,1H3. The second kappa shape index (κ2) is 3.24. The van der Waals surface area contributed by atoms with Crippen molar-refractivity contribution in [2.24, 2.45) is 0 Å². The second-order valence-electron chi connectivity index (χ2n) is 2.48. The van der Waals surface area contributed by atoms with Crippen LogP contribution in [0.25, 0.3) is 0 Å². The van der Waals surface area contributed by atoms with E-state index in [1.807, 2.05) is 0 Å². The zero-order valence-electron chi connectivity index (χ0n) is 6.74. The molecule has 0 saturated heterocycles. The highest BCUT2D eigenvalue weighted by molar-refractivity contribution is 5.46. The number of halogens is 4. The molecule has 0 saturated carbocycles. The molecule has 0 aliphatic heterocycles. The molecule has 1 N–H and O–H groups in total. The Balaban J connectivity index is 3.16. The smallest absolute Gasteiger partial charge is 0.388 e. The molecule has 1 nitrogen and oxygen atoms in total. The molecule has 0 heterocycles. The Morgan fingerprint density at radius 3 is 2.23 bits per heavy atom. The fourth-order valence-electron chi connectivity index (χ4n) is 0.898. The van der Waals surface area contributed by atoms with Crippen LogP contribution < -0.4 is 5.32 Å². The number of hydrogen-bond acceptors (Lipinski definition) is 1. The highest BCUT2D eigenvalue weighted by atomic mass is 19.4. The molecule has 1 aromatic rings. The van der Waals surface area contributed by atoms with Crippen molar-refractivity contribution in [2.75, 3.05) is 12.4 Å². The van der Waals surface area contributed by atoms with E-state index in [1.54, 1.807) is 0 Å². The molecule has 0 fully saturated rings. The SMILES string of the molecule is CNc1cc(F)cc(C(F)(F)F)c1. The van der Waals surface area contributed by atoms with Gasteiger partial charge >= 0.3 is 6.18 Å². The summed E-state index contributed by atoms with van der Waals surface area (Å²) >= 11 is 0. The van der Waals surface area contributed by atoms with Crippen LogP contribution in [0, 0.1) is 5.82 Å². The van der Waals surface area contributed by atoms with E-state index in [1.165, 1.54) is 7.05 Å². The number of rotatable bonds is 1. The minimum Gasteiger partial charge on any atom is -0.388 e. The van der Waals surface area contributed by atoms with Gasteiger partial charge in [-0.2, -0.15) is 13.2 Å². The lowest BCUT2D eigenvalue weighted by Gasteiger charge is -2.08. The van der Waals surface area contributed by atoms with Crippen LogP contribution in [0.2, 0.25) is 0 Å². The van der Waals surface area contributed by atoms with E-state index in [2.05, 4.69) is 5.32 Å². The molecule has 0 amide bonds. The van der Waals surface area contributed by atoms with E-state index in [0.29, 0.717) is 6.07 Å². The first-order valence-corrected chi connectivity index (χ1v) is 3.49. The Morgan fingerprint density at radius 2 is 1.77 bits per heavy atom. The van der Waals surface area contributed by atoms with Crippen LogP contribution in [0.15, 0.2) is 18.2 Å². The van der Waals surface area contributed by atoms with Gasteiger partial charge in [-0.05, 0) is 18.2 Å². The van der Waals surface area contributed by atoms with Crippen LogP contribution in [0.3, 0.4) is 0 Å². The summed E-state index contributed by atoms with van der Waals surface area (Å²) in [5.41, 5.74) is -0.885. The van der Waals surface area contributed by atoms with Crippen molar-refractivity contribution in [3.63, 3.8) is 0 Å². The van der Waals surface area contributed by atoms with Gasteiger partial charge in [-0.15, -0.1) is 0 Å². The molecule has 0 aromatic heterocycles. The maximum Gasteiger partial charge on any atom is 0.416 e. The molecular formula is C8H7F4N. The molecule has 0 spiro atoms. The van der Waals surface area contributed by atoms with Gasteiger partial charge in [0.2, 0.25) is 0 Å². The number of alkyl halides is 3. The Hall–Kier alpha value is -1.26. The van der Waals surface area contributed by atoms with Gasteiger partial charge in [0.15, 0.2) is 0 Å².